The van der Waals surface area contributed by atoms with E-state index in [0.717, 1.165) is 49.9 Å². The van der Waals surface area contributed by atoms with Crippen molar-refractivity contribution in [2.45, 2.75) is 26.7 Å². The summed E-state index contributed by atoms with van der Waals surface area (Å²) in [6.07, 6.45) is 5.55. The van der Waals surface area contributed by atoms with Crippen LogP contribution in [0.2, 0.25) is 0 Å². The van der Waals surface area contributed by atoms with Gasteiger partial charge in [0.1, 0.15) is 0 Å². The molecule has 2 rings (SSSR count). The van der Waals surface area contributed by atoms with Gasteiger partial charge in [-0.2, -0.15) is 0 Å². The molecule has 1 aromatic carbocycles. The second kappa shape index (κ2) is 11.2. The summed E-state index contributed by atoms with van der Waals surface area (Å²) in [4.78, 5) is 11.1. The maximum absolute atomic E-state index is 5.40. The normalized spacial score (nSPS) is 11.2. The van der Waals surface area contributed by atoms with Gasteiger partial charge in [0.25, 0.3) is 0 Å². The van der Waals surface area contributed by atoms with Gasteiger partial charge >= 0.3 is 0 Å². The van der Waals surface area contributed by atoms with Crippen molar-refractivity contribution in [3.05, 3.63) is 53.3 Å². The standard InChI is InChI=1S/C22H32N4O2/c1-6-24-22(25-13-10-19-9-12-23-16-17(19)2)26(3)14-11-18-7-8-20(27-4)21(15-18)28-5/h7-9,12,15-16H,6,10-11,13-14H2,1-5H3,(H,24,25). The van der Waals surface area contributed by atoms with Crippen LogP contribution < -0.4 is 14.8 Å². The third-order valence-electron chi connectivity index (χ3n) is 4.66. The molecule has 0 aliphatic carbocycles. The van der Waals surface area contributed by atoms with Crippen LogP contribution in [-0.2, 0) is 12.8 Å². The number of pyridine rings is 1. The quantitative estimate of drug-likeness (QED) is 0.532. The van der Waals surface area contributed by atoms with Gasteiger partial charge in [-0.3, -0.25) is 9.98 Å². The Bertz CT molecular complexity index is 777. The fraction of sp³-hybridized carbons (Fsp3) is 0.455. The van der Waals surface area contributed by atoms with E-state index >= 15 is 0 Å². The summed E-state index contributed by atoms with van der Waals surface area (Å²) in [5.74, 6) is 2.44. The van der Waals surface area contributed by atoms with E-state index in [1.807, 2.05) is 24.5 Å². The molecule has 0 atom stereocenters. The summed E-state index contributed by atoms with van der Waals surface area (Å²) in [6.45, 7) is 6.62. The molecule has 6 heteroatoms. The summed E-state index contributed by atoms with van der Waals surface area (Å²) in [7, 11) is 5.38. The Morgan fingerprint density at radius 3 is 2.61 bits per heavy atom. The predicted molar refractivity (Wildman–Crippen MR) is 115 cm³/mol. The maximum atomic E-state index is 5.40. The highest BCUT2D eigenvalue weighted by Crippen LogP contribution is 2.27. The fourth-order valence-electron chi connectivity index (χ4n) is 2.97. The summed E-state index contributed by atoms with van der Waals surface area (Å²) in [5, 5.41) is 3.38. The van der Waals surface area contributed by atoms with Crippen molar-refractivity contribution in [1.82, 2.24) is 15.2 Å². The summed E-state index contributed by atoms with van der Waals surface area (Å²) in [5.41, 5.74) is 3.71. The van der Waals surface area contributed by atoms with Crippen molar-refractivity contribution in [1.29, 1.82) is 0 Å². The minimum Gasteiger partial charge on any atom is -0.493 e. The Kier molecular flexibility index (Phi) is 8.59. The smallest absolute Gasteiger partial charge is 0.193 e. The fourth-order valence-corrected chi connectivity index (χ4v) is 2.97. The number of ether oxygens (including phenoxy) is 2. The third-order valence-corrected chi connectivity index (χ3v) is 4.66. The van der Waals surface area contributed by atoms with E-state index in [-0.39, 0.29) is 0 Å². The first-order valence-corrected chi connectivity index (χ1v) is 9.68. The molecule has 0 bridgehead atoms. The van der Waals surface area contributed by atoms with Gasteiger partial charge in [-0.25, -0.2) is 0 Å². The van der Waals surface area contributed by atoms with Crippen molar-refractivity contribution in [3.8, 4) is 11.5 Å². The number of aromatic nitrogens is 1. The van der Waals surface area contributed by atoms with Crippen LogP contribution in [-0.4, -0.2) is 56.7 Å². The number of likely N-dealkylation sites (N-methyl/N-ethyl adjacent to an activating group) is 1. The molecular weight excluding hydrogens is 352 g/mol. The first kappa shape index (κ1) is 21.5. The molecule has 0 unspecified atom stereocenters. The number of benzene rings is 1. The zero-order valence-electron chi connectivity index (χ0n) is 17.7. The number of hydrogen-bond acceptors (Lipinski definition) is 4. The molecule has 28 heavy (non-hydrogen) atoms. The lowest BCUT2D eigenvalue weighted by atomic mass is 10.1. The lowest BCUT2D eigenvalue weighted by Crippen LogP contribution is -2.40. The van der Waals surface area contributed by atoms with Crippen LogP contribution >= 0.6 is 0 Å². The topological polar surface area (TPSA) is 59.0 Å². The highest BCUT2D eigenvalue weighted by molar-refractivity contribution is 5.79. The Morgan fingerprint density at radius 1 is 1.14 bits per heavy atom. The molecule has 0 aliphatic heterocycles. The summed E-state index contributed by atoms with van der Waals surface area (Å²) < 4.78 is 10.7. The first-order chi connectivity index (χ1) is 13.6. The first-order valence-electron chi connectivity index (χ1n) is 9.68. The summed E-state index contributed by atoms with van der Waals surface area (Å²) >= 11 is 0. The highest BCUT2D eigenvalue weighted by Gasteiger charge is 2.08. The van der Waals surface area contributed by atoms with Gasteiger partial charge in [-0.15, -0.1) is 0 Å². The molecule has 0 saturated heterocycles. The summed E-state index contributed by atoms with van der Waals surface area (Å²) in [6, 6.07) is 8.12. The molecule has 0 spiro atoms. The molecule has 0 fully saturated rings. The van der Waals surface area contributed by atoms with E-state index in [0.29, 0.717) is 0 Å². The largest absolute Gasteiger partial charge is 0.493 e. The maximum Gasteiger partial charge on any atom is 0.193 e. The van der Waals surface area contributed by atoms with E-state index in [9.17, 15) is 0 Å². The van der Waals surface area contributed by atoms with Crippen LogP contribution in [0.4, 0.5) is 0 Å². The van der Waals surface area contributed by atoms with E-state index in [1.54, 1.807) is 14.2 Å². The van der Waals surface area contributed by atoms with Crippen LogP contribution in [0.3, 0.4) is 0 Å². The number of aryl methyl sites for hydroxylation is 1. The molecular formula is C22H32N4O2. The molecule has 1 heterocycles. The average molecular weight is 385 g/mol. The number of rotatable bonds is 9. The highest BCUT2D eigenvalue weighted by atomic mass is 16.5. The number of nitrogens with zero attached hydrogens (tertiary/aromatic N) is 3. The van der Waals surface area contributed by atoms with E-state index in [2.05, 4.69) is 48.2 Å². The van der Waals surface area contributed by atoms with Crippen LogP contribution in [0.15, 0.2) is 41.7 Å². The Hall–Kier alpha value is -2.76. The zero-order valence-corrected chi connectivity index (χ0v) is 17.7. The van der Waals surface area contributed by atoms with Crippen molar-refractivity contribution in [2.24, 2.45) is 4.99 Å². The molecule has 152 valence electrons. The van der Waals surface area contributed by atoms with Crippen molar-refractivity contribution < 1.29 is 9.47 Å². The van der Waals surface area contributed by atoms with Gasteiger partial charge in [0.15, 0.2) is 17.5 Å². The van der Waals surface area contributed by atoms with Crippen molar-refractivity contribution in [2.75, 3.05) is 40.9 Å². The number of aliphatic imine (C=N–C) groups is 1. The van der Waals surface area contributed by atoms with Crippen LogP contribution in [0.25, 0.3) is 0 Å². The minimum atomic E-state index is 0.744. The van der Waals surface area contributed by atoms with Gasteiger partial charge in [0, 0.05) is 39.1 Å². The molecule has 0 radical (unpaired) electrons. The second-order valence-corrected chi connectivity index (χ2v) is 6.65. The molecule has 0 saturated carbocycles. The number of hydrogen-bond donors (Lipinski definition) is 1. The average Bonchev–Trinajstić information content (AvgIpc) is 2.72. The van der Waals surface area contributed by atoms with Gasteiger partial charge in [0.2, 0.25) is 0 Å². The Balaban J connectivity index is 1.96. The van der Waals surface area contributed by atoms with E-state index in [4.69, 9.17) is 14.5 Å². The molecule has 0 amide bonds. The number of guanidine groups is 1. The minimum absolute atomic E-state index is 0.744. The predicted octanol–water partition coefficient (Wildman–Crippen LogP) is 3.09. The molecule has 6 nitrogen and oxygen atoms in total. The lowest BCUT2D eigenvalue weighted by molar-refractivity contribution is 0.354. The van der Waals surface area contributed by atoms with Gasteiger partial charge < -0.3 is 19.7 Å². The van der Waals surface area contributed by atoms with Crippen LogP contribution in [0.5, 0.6) is 11.5 Å². The van der Waals surface area contributed by atoms with E-state index in [1.165, 1.54) is 16.7 Å². The van der Waals surface area contributed by atoms with Gasteiger partial charge in [-0.05, 0) is 61.6 Å². The lowest BCUT2D eigenvalue weighted by Gasteiger charge is -2.22. The van der Waals surface area contributed by atoms with Crippen LogP contribution in [0.1, 0.15) is 23.6 Å². The molecule has 0 aliphatic rings. The Morgan fingerprint density at radius 2 is 1.93 bits per heavy atom. The number of nitrogens with one attached hydrogen (secondary N) is 1. The van der Waals surface area contributed by atoms with Crippen molar-refractivity contribution >= 4 is 5.96 Å². The molecule has 2 aromatic rings. The zero-order chi connectivity index (χ0) is 20.4. The molecule has 1 N–H and O–H groups in total. The van der Waals surface area contributed by atoms with Crippen molar-refractivity contribution in [3.63, 3.8) is 0 Å². The third kappa shape index (κ3) is 6.15. The Labute approximate surface area is 168 Å². The molecule has 1 aromatic heterocycles. The number of methoxy groups -OCH3 is 2. The van der Waals surface area contributed by atoms with Gasteiger partial charge in [-0.1, -0.05) is 6.07 Å². The monoisotopic (exact) mass is 384 g/mol. The second-order valence-electron chi connectivity index (χ2n) is 6.65. The van der Waals surface area contributed by atoms with Crippen LogP contribution in [0, 0.1) is 6.92 Å². The SMILES string of the molecule is CCNC(=NCCc1ccncc1C)N(C)CCc1ccc(OC)c(OC)c1. The van der Waals surface area contributed by atoms with E-state index < -0.39 is 0 Å². The van der Waals surface area contributed by atoms with Gasteiger partial charge in [0.05, 0.1) is 14.2 Å².